The molecule has 1 spiro atoms. The summed E-state index contributed by atoms with van der Waals surface area (Å²) < 4.78 is 6.35. The zero-order valence-corrected chi connectivity index (χ0v) is 18.1. The molecule has 0 bridgehead atoms. The molecule has 3 heterocycles. The van der Waals surface area contributed by atoms with E-state index in [0.29, 0.717) is 54.8 Å². The number of hydrogen-bond acceptors (Lipinski definition) is 5. The smallest absolute Gasteiger partial charge is 0.262 e. The highest BCUT2D eigenvalue weighted by Crippen LogP contribution is 2.41. The van der Waals surface area contributed by atoms with Gasteiger partial charge < -0.3 is 9.64 Å². The number of aryl methyl sites for hydroxylation is 2. The normalized spacial score (nSPS) is 19.1. The molecule has 5 rings (SSSR count). The van der Waals surface area contributed by atoms with E-state index in [0.717, 1.165) is 16.0 Å². The number of amides is 3. The van der Waals surface area contributed by atoms with Crippen LogP contribution in [0, 0.1) is 13.8 Å². The SMILES string of the molecule is Cc1cc(C)c2c(c1)OC1(CCN(C(=O)CN3C(=O)c4ccccc4C3=O)CC1)CC2=O. The van der Waals surface area contributed by atoms with Gasteiger partial charge in [0.2, 0.25) is 5.91 Å². The lowest BCUT2D eigenvalue weighted by Gasteiger charge is -2.44. The van der Waals surface area contributed by atoms with Crippen LogP contribution in [0.1, 0.15) is 61.5 Å². The largest absolute Gasteiger partial charge is 0.486 e. The van der Waals surface area contributed by atoms with Crippen LogP contribution in [0.2, 0.25) is 0 Å². The van der Waals surface area contributed by atoms with E-state index >= 15 is 0 Å². The Morgan fingerprint density at radius 3 is 2.25 bits per heavy atom. The number of Topliss-reactive ketones (excluding diaryl/α,β-unsaturated/α-hetero) is 1. The van der Waals surface area contributed by atoms with E-state index in [4.69, 9.17) is 4.74 Å². The molecule has 2 aromatic rings. The maximum Gasteiger partial charge on any atom is 0.262 e. The summed E-state index contributed by atoms with van der Waals surface area (Å²) in [4.78, 5) is 53.5. The average molecular weight is 432 g/mol. The van der Waals surface area contributed by atoms with E-state index in [1.807, 2.05) is 26.0 Å². The molecule has 7 nitrogen and oxygen atoms in total. The summed E-state index contributed by atoms with van der Waals surface area (Å²) in [6.45, 7) is 4.44. The van der Waals surface area contributed by atoms with Gasteiger partial charge in [0.05, 0.1) is 23.1 Å². The fraction of sp³-hybridized carbons (Fsp3) is 0.360. The first-order valence-electron chi connectivity index (χ1n) is 10.8. The molecule has 0 atom stereocenters. The first-order valence-corrected chi connectivity index (χ1v) is 10.8. The molecular formula is C25H24N2O5. The summed E-state index contributed by atoms with van der Waals surface area (Å²) in [5.74, 6) is -0.436. The highest BCUT2D eigenvalue weighted by molar-refractivity contribution is 6.22. The van der Waals surface area contributed by atoms with Crippen LogP contribution in [0.25, 0.3) is 0 Å². The van der Waals surface area contributed by atoms with Crippen molar-refractivity contribution in [2.24, 2.45) is 0 Å². The van der Waals surface area contributed by atoms with Gasteiger partial charge in [0.25, 0.3) is 11.8 Å². The summed E-state index contributed by atoms with van der Waals surface area (Å²) in [7, 11) is 0. The zero-order valence-electron chi connectivity index (χ0n) is 18.1. The zero-order chi connectivity index (χ0) is 22.6. The second-order valence-corrected chi connectivity index (χ2v) is 8.96. The summed E-state index contributed by atoms with van der Waals surface area (Å²) >= 11 is 0. The Hall–Kier alpha value is -3.48. The third-order valence-corrected chi connectivity index (χ3v) is 6.73. The number of rotatable bonds is 2. The minimum absolute atomic E-state index is 0.0783. The number of ketones is 1. The highest BCUT2D eigenvalue weighted by atomic mass is 16.5. The number of fused-ring (bicyclic) bond motifs is 2. The van der Waals surface area contributed by atoms with E-state index < -0.39 is 17.4 Å². The van der Waals surface area contributed by atoms with Crippen molar-refractivity contribution >= 4 is 23.5 Å². The topological polar surface area (TPSA) is 84.0 Å². The van der Waals surface area contributed by atoms with Crippen LogP contribution in [0.15, 0.2) is 36.4 Å². The van der Waals surface area contributed by atoms with Gasteiger partial charge in [-0.15, -0.1) is 0 Å². The quantitative estimate of drug-likeness (QED) is 0.682. The van der Waals surface area contributed by atoms with Crippen molar-refractivity contribution in [2.45, 2.75) is 38.7 Å². The van der Waals surface area contributed by atoms with Crippen molar-refractivity contribution in [3.05, 3.63) is 64.2 Å². The van der Waals surface area contributed by atoms with Gasteiger partial charge in [-0.25, -0.2) is 0 Å². The molecule has 0 unspecified atom stereocenters. The molecule has 0 saturated carbocycles. The monoisotopic (exact) mass is 432 g/mol. The van der Waals surface area contributed by atoms with Gasteiger partial charge in [0.1, 0.15) is 17.9 Å². The Morgan fingerprint density at radius 1 is 1.00 bits per heavy atom. The van der Waals surface area contributed by atoms with E-state index in [1.165, 1.54) is 0 Å². The molecule has 1 fully saturated rings. The first-order chi connectivity index (χ1) is 15.3. The fourth-order valence-electron chi connectivity index (χ4n) is 5.08. The molecular weight excluding hydrogens is 408 g/mol. The molecule has 2 aromatic carbocycles. The number of piperidine rings is 1. The molecule has 7 heteroatoms. The molecule has 0 radical (unpaired) electrons. The number of hydrogen-bond donors (Lipinski definition) is 0. The van der Waals surface area contributed by atoms with Crippen molar-refractivity contribution < 1.29 is 23.9 Å². The fourth-order valence-corrected chi connectivity index (χ4v) is 5.08. The standard InChI is InChI=1S/C25H24N2O5/c1-15-11-16(2)22-19(28)13-25(32-20(22)12-15)7-9-26(10-8-25)21(29)14-27-23(30)17-5-3-4-6-18(17)24(27)31/h3-6,11-12H,7-10,13-14H2,1-2H3. The first kappa shape index (κ1) is 20.4. The van der Waals surface area contributed by atoms with Crippen LogP contribution in [0.4, 0.5) is 0 Å². The minimum atomic E-state index is -0.614. The average Bonchev–Trinajstić information content (AvgIpc) is 2.98. The molecule has 32 heavy (non-hydrogen) atoms. The number of nitrogens with zero attached hydrogens (tertiary/aromatic N) is 2. The molecule has 3 aliphatic rings. The Bertz CT molecular complexity index is 1140. The Morgan fingerprint density at radius 2 is 1.62 bits per heavy atom. The number of imide groups is 1. The van der Waals surface area contributed by atoms with Crippen molar-refractivity contribution in [3.63, 3.8) is 0 Å². The molecule has 1 saturated heterocycles. The van der Waals surface area contributed by atoms with E-state index in [-0.39, 0.29) is 18.2 Å². The molecule has 0 aromatic heterocycles. The van der Waals surface area contributed by atoms with E-state index in [1.54, 1.807) is 29.2 Å². The van der Waals surface area contributed by atoms with Crippen molar-refractivity contribution in [3.8, 4) is 5.75 Å². The van der Waals surface area contributed by atoms with Gasteiger partial charge in [0, 0.05) is 25.9 Å². The van der Waals surface area contributed by atoms with Crippen molar-refractivity contribution in [1.29, 1.82) is 0 Å². The maximum atomic E-state index is 12.9. The van der Waals surface area contributed by atoms with Crippen LogP contribution in [0.5, 0.6) is 5.75 Å². The summed E-state index contributed by atoms with van der Waals surface area (Å²) in [5, 5.41) is 0. The third-order valence-electron chi connectivity index (χ3n) is 6.73. The van der Waals surface area contributed by atoms with Crippen LogP contribution >= 0.6 is 0 Å². The lowest BCUT2D eigenvalue weighted by Crippen LogP contribution is -2.54. The minimum Gasteiger partial charge on any atom is -0.486 e. The van der Waals surface area contributed by atoms with Crippen LogP contribution in [-0.4, -0.2) is 58.5 Å². The second-order valence-electron chi connectivity index (χ2n) is 8.96. The van der Waals surface area contributed by atoms with E-state index in [2.05, 4.69) is 0 Å². The van der Waals surface area contributed by atoms with Crippen LogP contribution < -0.4 is 4.74 Å². The van der Waals surface area contributed by atoms with Gasteiger partial charge >= 0.3 is 0 Å². The summed E-state index contributed by atoms with van der Waals surface area (Å²) in [5.41, 5.74) is 2.68. The van der Waals surface area contributed by atoms with Gasteiger partial charge in [-0.3, -0.25) is 24.1 Å². The van der Waals surface area contributed by atoms with Crippen LogP contribution in [-0.2, 0) is 4.79 Å². The van der Waals surface area contributed by atoms with Crippen molar-refractivity contribution in [2.75, 3.05) is 19.6 Å². The van der Waals surface area contributed by atoms with Crippen molar-refractivity contribution in [1.82, 2.24) is 9.80 Å². The molecule has 0 N–H and O–H groups in total. The number of carbonyl (C=O) groups is 4. The molecule has 0 aliphatic carbocycles. The van der Waals surface area contributed by atoms with Gasteiger partial charge in [-0.1, -0.05) is 18.2 Å². The van der Waals surface area contributed by atoms with Crippen LogP contribution in [0.3, 0.4) is 0 Å². The number of likely N-dealkylation sites (tertiary alicyclic amines) is 1. The number of benzene rings is 2. The Kier molecular flexibility index (Phi) is 4.65. The molecule has 3 aliphatic heterocycles. The predicted molar refractivity (Wildman–Crippen MR) is 116 cm³/mol. The number of ether oxygens (including phenoxy) is 1. The van der Waals surface area contributed by atoms with Gasteiger partial charge in [-0.05, 0) is 43.2 Å². The second kappa shape index (κ2) is 7.29. The Balaban J connectivity index is 1.26. The lowest BCUT2D eigenvalue weighted by molar-refractivity contribution is -0.135. The third kappa shape index (κ3) is 3.20. The Labute approximate surface area is 185 Å². The lowest BCUT2D eigenvalue weighted by atomic mass is 9.81. The van der Waals surface area contributed by atoms with E-state index in [9.17, 15) is 19.2 Å². The summed E-state index contributed by atoms with van der Waals surface area (Å²) in [6.07, 6.45) is 1.35. The molecule has 3 amide bonds. The maximum absolute atomic E-state index is 12.9. The van der Waals surface area contributed by atoms with Gasteiger partial charge in [0.15, 0.2) is 5.78 Å². The molecule has 164 valence electrons. The number of carbonyl (C=O) groups excluding carboxylic acids is 4. The summed E-state index contributed by atoms with van der Waals surface area (Å²) in [6, 6.07) is 10.5. The van der Waals surface area contributed by atoms with Gasteiger partial charge in [-0.2, -0.15) is 0 Å². The predicted octanol–water partition coefficient (Wildman–Crippen LogP) is 2.93. The highest BCUT2D eigenvalue weighted by Gasteiger charge is 2.45.